The Morgan fingerprint density at radius 2 is 2.36 bits per heavy atom. The van der Waals surface area contributed by atoms with Gasteiger partial charge in [-0.05, 0) is 6.42 Å². The fourth-order valence-corrected chi connectivity index (χ4v) is 0.569. The number of hydrogen-bond acceptors (Lipinski definition) is 2. The van der Waals surface area contributed by atoms with Gasteiger partial charge >= 0.3 is 0 Å². The fourth-order valence-electron chi connectivity index (χ4n) is 0.569. The Bertz CT molecular complexity index is 114. The van der Waals surface area contributed by atoms with Gasteiger partial charge < -0.3 is 15.8 Å². The molecule has 0 aromatic rings. The third-order valence-electron chi connectivity index (χ3n) is 1.12. The highest BCUT2D eigenvalue weighted by Crippen LogP contribution is 1.75. The molecule has 0 radical (unpaired) electrons. The summed E-state index contributed by atoms with van der Waals surface area (Å²) in [4.78, 5) is 4.04. The van der Waals surface area contributed by atoms with E-state index in [1.807, 2.05) is 0 Å². The van der Waals surface area contributed by atoms with E-state index in [9.17, 15) is 0 Å². The van der Waals surface area contributed by atoms with Gasteiger partial charge in [0.05, 0.1) is 6.61 Å². The normalized spacial score (nSPS) is 11.6. The van der Waals surface area contributed by atoms with Crippen LogP contribution in [0.15, 0.2) is 4.99 Å². The first-order valence-corrected chi connectivity index (χ1v) is 3.84. The molecular weight excluding hydrogens is 142 g/mol. The summed E-state index contributed by atoms with van der Waals surface area (Å²) in [6.45, 7) is 4.22. The van der Waals surface area contributed by atoms with Crippen molar-refractivity contribution < 1.29 is 4.74 Å². The molecule has 0 bridgehead atoms. The molecule has 0 rings (SSSR count). The number of ether oxygens (including phenoxy) is 1. The molecule has 0 spiro atoms. The summed E-state index contributed by atoms with van der Waals surface area (Å²) in [6.07, 6.45) is 1.02. The van der Waals surface area contributed by atoms with Gasteiger partial charge in [0.25, 0.3) is 0 Å². The largest absolute Gasteiger partial charge is 0.383 e. The molecule has 0 aromatic carbocycles. The third kappa shape index (κ3) is 7.12. The number of nitrogens with one attached hydrogen (secondary N) is 1. The summed E-state index contributed by atoms with van der Waals surface area (Å²) in [7, 11) is 1.65. The molecule has 0 aromatic heterocycles. The second kappa shape index (κ2) is 7.34. The molecule has 0 aliphatic carbocycles. The molecule has 0 atom stereocenters. The molecule has 0 fully saturated rings. The van der Waals surface area contributed by atoms with E-state index >= 15 is 0 Å². The zero-order valence-electron chi connectivity index (χ0n) is 7.26. The smallest absolute Gasteiger partial charge is 0.188 e. The highest BCUT2D eigenvalue weighted by molar-refractivity contribution is 5.77. The molecule has 0 saturated carbocycles. The summed E-state index contributed by atoms with van der Waals surface area (Å²) in [5.74, 6) is 0.504. The van der Waals surface area contributed by atoms with E-state index in [4.69, 9.17) is 10.5 Å². The highest BCUT2D eigenvalue weighted by atomic mass is 16.5. The van der Waals surface area contributed by atoms with E-state index in [-0.39, 0.29) is 0 Å². The third-order valence-corrected chi connectivity index (χ3v) is 1.12. The van der Waals surface area contributed by atoms with Crippen LogP contribution < -0.4 is 11.1 Å². The van der Waals surface area contributed by atoms with Crippen molar-refractivity contribution in [1.82, 2.24) is 5.32 Å². The molecule has 0 aliphatic heterocycles. The molecule has 4 nitrogen and oxygen atoms in total. The van der Waals surface area contributed by atoms with Gasteiger partial charge in [-0.25, -0.2) is 0 Å². The first-order chi connectivity index (χ1) is 5.31. The lowest BCUT2D eigenvalue weighted by molar-refractivity contribution is 0.204. The molecule has 3 N–H and O–H groups in total. The van der Waals surface area contributed by atoms with Gasteiger partial charge in [-0.15, -0.1) is 0 Å². The van der Waals surface area contributed by atoms with E-state index in [2.05, 4.69) is 17.2 Å². The van der Waals surface area contributed by atoms with Gasteiger partial charge in [0, 0.05) is 20.2 Å². The molecule has 11 heavy (non-hydrogen) atoms. The lowest BCUT2D eigenvalue weighted by atomic mass is 10.5. The van der Waals surface area contributed by atoms with Crippen molar-refractivity contribution in [2.24, 2.45) is 10.7 Å². The maximum Gasteiger partial charge on any atom is 0.188 e. The lowest BCUT2D eigenvalue weighted by Crippen LogP contribution is -2.34. The average Bonchev–Trinajstić information content (AvgIpc) is 2.01. The second-order valence-electron chi connectivity index (χ2n) is 2.19. The zero-order chi connectivity index (χ0) is 8.53. The van der Waals surface area contributed by atoms with Crippen LogP contribution in [0, 0.1) is 0 Å². The number of hydrogen-bond donors (Lipinski definition) is 2. The number of guanidine groups is 1. The Hall–Kier alpha value is -0.770. The van der Waals surface area contributed by atoms with Crippen LogP contribution in [0.3, 0.4) is 0 Å². The van der Waals surface area contributed by atoms with Crippen molar-refractivity contribution in [3.05, 3.63) is 0 Å². The molecule has 0 aliphatic rings. The standard InChI is InChI=1S/C7H17N3O/c1-3-4-9-7(8)10-5-6-11-2/h3-6H2,1-2H3,(H3,8,9,10). The maximum absolute atomic E-state index is 5.48. The minimum absolute atomic E-state index is 0.504. The van der Waals surface area contributed by atoms with Gasteiger partial charge in [-0.2, -0.15) is 0 Å². The van der Waals surface area contributed by atoms with Crippen LogP contribution in [0.2, 0.25) is 0 Å². The second-order valence-corrected chi connectivity index (χ2v) is 2.19. The van der Waals surface area contributed by atoms with Crippen LogP contribution in [-0.2, 0) is 4.74 Å². The summed E-state index contributed by atoms with van der Waals surface area (Å²) < 4.78 is 4.82. The molecular formula is C7H17N3O. The van der Waals surface area contributed by atoms with Crippen molar-refractivity contribution in [2.45, 2.75) is 13.3 Å². The Balaban J connectivity index is 3.27. The van der Waals surface area contributed by atoms with Crippen LogP contribution in [0.4, 0.5) is 0 Å². The van der Waals surface area contributed by atoms with E-state index in [1.165, 1.54) is 0 Å². The predicted molar refractivity (Wildman–Crippen MR) is 46.7 cm³/mol. The number of nitrogens with two attached hydrogens (primary N) is 1. The minimum atomic E-state index is 0.504. The molecule has 0 unspecified atom stereocenters. The van der Waals surface area contributed by atoms with Crippen molar-refractivity contribution >= 4 is 5.96 Å². The predicted octanol–water partition coefficient (Wildman–Crippen LogP) is -0.0529. The summed E-state index contributed by atoms with van der Waals surface area (Å²) in [5.41, 5.74) is 5.48. The minimum Gasteiger partial charge on any atom is -0.383 e. The Labute approximate surface area is 67.8 Å². The summed E-state index contributed by atoms with van der Waals surface area (Å²) in [6, 6.07) is 0. The first kappa shape index (κ1) is 10.2. The number of nitrogens with zero attached hydrogens (tertiary/aromatic N) is 1. The van der Waals surface area contributed by atoms with Crippen LogP contribution in [0.5, 0.6) is 0 Å². The van der Waals surface area contributed by atoms with E-state index < -0.39 is 0 Å². The van der Waals surface area contributed by atoms with Gasteiger partial charge in [0.2, 0.25) is 0 Å². The monoisotopic (exact) mass is 159 g/mol. The van der Waals surface area contributed by atoms with Crippen molar-refractivity contribution in [3.8, 4) is 0 Å². The van der Waals surface area contributed by atoms with Crippen molar-refractivity contribution in [1.29, 1.82) is 0 Å². The number of aliphatic imine (C=N–C) groups is 1. The molecule has 0 saturated heterocycles. The van der Waals surface area contributed by atoms with Gasteiger partial charge in [-0.3, -0.25) is 4.99 Å². The SMILES string of the molecule is CCCN=C(N)NCCOC. The summed E-state index contributed by atoms with van der Waals surface area (Å²) in [5, 5.41) is 2.92. The molecule has 0 heterocycles. The summed E-state index contributed by atoms with van der Waals surface area (Å²) >= 11 is 0. The Morgan fingerprint density at radius 1 is 1.64 bits per heavy atom. The van der Waals surface area contributed by atoms with E-state index in [0.29, 0.717) is 12.6 Å². The first-order valence-electron chi connectivity index (χ1n) is 3.84. The highest BCUT2D eigenvalue weighted by Gasteiger charge is 1.87. The van der Waals surface area contributed by atoms with Crippen LogP contribution in [0.1, 0.15) is 13.3 Å². The number of rotatable bonds is 5. The van der Waals surface area contributed by atoms with Crippen molar-refractivity contribution in [3.63, 3.8) is 0 Å². The van der Waals surface area contributed by atoms with Crippen LogP contribution in [0.25, 0.3) is 0 Å². The maximum atomic E-state index is 5.48. The fraction of sp³-hybridized carbons (Fsp3) is 0.857. The van der Waals surface area contributed by atoms with Crippen LogP contribution >= 0.6 is 0 Å². The van der Waals surface area contributed by atoms with E-state index in [1.54, 1.807) is 7.11 Å². The van der Waals surface area contributed by atoms with Gasteiger partial charge in [0.15, 0.2) is 5.96 Å². The molecule has 66 valence electrons. The van der Waals surface area contributed by atoms with Gasteiger partial charge in [0.1, 0.15) is 0 Å². The Morgan fingerprint density at radius 3 is 2.91 bits per heavy atom. The zero-order valence-corrected chi connectivity index (χ0v) is 7.26. The van der Waals surface area contributed by atoms with Crippen molar-refractivity contribution in [2.75, 3.05) is 26.8 Å². The van der Waals surface area contributed by atoms with Crippen LogP contribution in [-0.4, -0.2) is 32.8 Å². The quantitative estimate of drug-likeness (QED) is 0.336. The van der Waals surface area contributed by atoms with Gasteiger partial charge in [-0.1, -0.05) is 6.92 Å². The Kier molecular flexibility index (Phi) is 6.82. The number of methoxy groups -OCH3 is 1. The lowest BCUT2D eigenvalue weighted by Gasteiger charge is -2.03. The molecule has 0 amide bonds. The molecule has 4 heteroatoms. The topological polar surface area (TPSA) is 59.6 Å². The average molecular weight is 159 g/mol. The van der Waals surface area contributed by atoms with E-state index in [0.717, 1.165) is 19.5 Å².